The number of hydrogen-bond acceptors (Lipinski definition) is 7. The number of benzene rings is 2. The monoisotopic (exact) mass is 421 g/mol. The van der Waals surface area contributed by atoms with Crippen molar-refractivity contribution in [3.63, 3.8) is 0 Å². The Kier molecular flexibility index (Phi) is 7.15. The first-order valence-corrected chi connectivity index (χ1v) is 9.69. The number of rotatable bonds is 7. The van der Waals surface area contributed by atoms with E-state index < -0.39 is 34.5 Å². The lowest BCUT2D eigenvalue weighted by Gasteiger charge is -2.10. The lowest BCUT2D eigenvalue weighted by molar-refractivity contribution is -0.123. The molecule has 0 radical (unpaired) electrons. The number of hydrogen-bond donors (Lipinski definition) is 3. The summed E-state index contributed by atoms with van der Waals surface area (Å²) >= 11 is 0. The van der Waals surface area contributed by atoms with Crippen LogP contribution in [0.2, 0.25) is 0 Å². The highest BCUT2D eigenvalue weighted by Gasteiger charge is 2.18. The van der Waals surface area contributed by atoms with Gasteiger partial charge in [0.15, 0.2) is 6.61 Å². The van der Waals surface area contributed by atoms with Crippen LogP contribution in [0.3, 0.4) is 0 Å². The van der Waals surface area contributed by atoms with E-state index in [-0.39, 0.29) is 10.5 Å². The van der Waals surface area contributed by atoms with Gasteiger partial charge in [-0.2, -0.15) is 0 Å². The van der Waals surface area contributed by atoms with E-state index in [4.69, 9.17) is 9.47 Å². The fraction of sp³-hybridized carbons (Fsp3) is 0.167. The number of urea groups is 1. The molecule has 2 aromatic carbocycles. The number of nitrogens with one attached hydrogen (secondary N) is 3. The Hall–Kier alpha value is -3.60. The molecule has 10 nitrogen and oxygen atoms in total. The van der Waals surface area contributed by atoms with E-state index in [0.717, 1.165) is 6.07 Å². The SMILES string of the molecule is CNC(=O)NC(=O)COC(=O)c1cccc(S(=O)(=O)Nc2ccc(OC)cc2)c1. The number of ether oxygens (including phenoxy) is 2. The summed E-state index contributed by atoms with van der Waals surface area (Å²) in [5.74, 6) is -1.18. The Morgan fingerprint density at radius 1 is 1.03 bits per heavy atom. The van der Waals surface area contributed by atoms with Crippen LogP contribution in [0.5, 0.6) is 5.75 Å². The van der Waals surface area contributed by atoms with Gasteiger partial charge in [-0.25, -0.2) is 18.0 Å². The number of methoxy groups -OCH3 is 1. The maximum Gasteiger partial charge on any atom is 0.338 e. The molecule has 3 amide bonds. The smallest absolute Gasteiger partial charge is 0.338 e. The van der Waals surface area contributed by atoms with Gasteiger partial charge in [-0.1, -0.05) is 6.07 Å². The average Bonchev–Trinajstić information content (AvgIpc) is 2.72. The van der Waals surface area contributed by atoms with Crippen molar-refractivity contribution in [3.05, 3.63) is 54.1 Å². The zero-order valence-electron chi connectivity index (χ0n) is 15.6. The molecule has 154 valence electrons. The first-order valence-electron chi connectivity index (χ1n) is 8.21. The maximum absolute atomic E-state index is 12.5. The van der Waals surface area contributed by atoms with Crippen LogP contribution >= 0.6 is 0 Å². The number of imide groups is 1. The van der Waals surface area contributed by atoms with Crippen LogP contribution in [-0.4, -0.2) is 47.1 Å². The van der Waals surface area contributed by atoms with Gasteiger partial charge in [0.2, 0.25) is 0 Å². The third-order valence-electron chi connectivity index (χ3n) is 3.54. The van der Waals surface area contributed by atoms with E-state index in [1.54, 1.807) is 12.1 Å². The lowest BCUT2D eigenvalue weighted by Crippen LogP contribution is -2.39. The van der Waals surface area contributed by atoms with Crippen molar-refractivity contribution in [3.8, 4) is 5.75 Å². The van der Waals surface area contributed by atoms with Gasteiger partial charge in [-0.05, 0) is 42.5 Å². The van der Waals surface area contributed by atoms with Crippen molar-refractivity contribution >= 4 is 33.6 Å². The number of esters is 1. The van der Waals surface area contributed by atoms with Crippen LogP contribution in [0.15, 0.2) is 53.4 Å². The van der Waals surface area contributed by atoms with Crippen molar-refractivity contribution in [1.29, 1.82) is 0 Å². The summed E-state index contributed by atoms with van der Waals surface area (Å²) in [5, 5.41) is 4.10. The minimum Gasteiger partial charge on any atom is -0.497 e. The van der Waals surface area contributed by atoms with Crippen molar-refractivity contribution in [1.82, 2.24) is 10.6 Å². The van der Waals surface area contributed by atoms with Crippen LogP contribution in [0, 0.1) is 0 Å². The Labute approximate surface area is 167 Å². The first kappa shape index (κ1) is 21.7. The summed E-state index contributed by atoms with van der Waals surface area (Å²) in [5.41, 5.74) is 0.236. The van der Waals surface area contributed by atoms with Gasteiger partial charge in [0.05, 0.1) is 17.6 Å². The minimum atomic E-state index is -3.97. The second kappa shape index (κ2) is 9.55. The molecule has 0 fully saturated rings. The van der Waals surface area contributed by atoms with Crippen molar-refractivity contribution < 1.29 is 32.3 Å². The van der Waals surface area contributed by atoms with Gasteiger partial charge in [0.25, 0.3) is 15.9 Å². The molecule has 0 aliphatic carbocycles. The van der Waals surface area contributed by atoms with Gasteiger partial charge in [0, 0.05) is 12.7 Å². The molecule has 11 heteroatoms. The van der Waals surface area contributed by atoms with Crippen LogP contribution in [0.1, 0.15) is 10.4 Å². The molecule has 0 saturated carbocycles. The Bertz CT molecular complexity index is 1000. The number of amides is 3. The zero-order chi connectivity index (χ0) is 21.4. The van der Waals surface area contributed by atoms with Crippen molar-refractivity contribution in [2.75, 3.05) is 25.5 Å². The number of carbonyl (C=O) groups excluding carboxylic acids is 3. The normalized spacial score (nSPS) is 10.6. The molecule has 0 aromatic heterocycles. The summed E-state index contributed by atoms with van der Waals surface area (Å²) < 4.78 is 37.3. The van der Waals surface area contributed by atoms with Crippen LogP contribution in [-0.2, 0) is 19.6 Å². The minimum absolute atomic E-state index is 0.0738. The molecule has 0 heterocycles. The van der Waals surface area contributed by atoms with E-state index in [1.807, 2.05) is 5.32 Å². The molecule has 2 rings (SSSR count). The van der Waals surface area contributed by atoms with Gasteiger partial charge in [0.1, 0.15) is 5.75 Å². The lowest BCUT2D eigenvalue weighted by atomic mass is 10.2. The van der Waals surface area contributed by atoms with Crippen LogP contribution < -0.4 is 20.1 Å². The van der Waals surface area contributed by atoms with Gasteiger partial charge < -0.3 is 14.8 Å². The van der Waals surface area contributed by atoms with Crippen LogP contribution in [0.25, 0.3) is 0 Å². The van der Waals surface area contributed by atoms with Gasteiger partial charge >= 0.3 is 12.0 Å². The molecule has 0 atom stereocenters. The van der Waals surface area contributed by atoms with Crippen LogP contribution in [0.4, 0.5) is 10.5 Å². The highest BCUT2D eigenvalue weighted by Crippen LogP contribution is 2.20. The first-order chi connectivity index (χ1) is 13.7. The largest absolute Gasteiger partial charge is 0.497 e. The Morgan fingerprint density at radius 2 is 1.72 bits per heavy atom. The molecule has 0 bridgehead atoms. The summed E-state index contributed by atoms with van der Waals surface area (Å²) in [6.07, 6.45) is 0. The number of carbonyl (C=O) groups is 3. The third-order valence-corrected chi connectivity index (χ3v) is 4.92. The second-order valence-corrected chi connectivity index (χ2v) is 7.25. The van der Waals surface area contributed by atoms with E-state index in [2.05, 4.69) is 10.0 Å². The fourth-order valence-electron chi connectivity index (χ4n) is 2.10. The summed E-state index contributed by atoms with van der Waals surface area (Å²) in [7, 11) is -1.16. The molecule has 0 unspecified atom stereocenters. The summed E-state index contributed by atoms with van der Waals surface area (Å²) in [4.78, 5) is 34.4. The Morgan fingerprint density at radius 3 is 2.34 bits per heavy atom. The summed E-state index contributed by atoms with van der Waals surface area (Å²) in [6, 6.07) is 10.6. The number of sulfonamides is 1. The molecule has 29 heavy (non-hydrogen) atoms. The highest BCUT2D eigenvalue weighted by molar-refractivity contribution is 7.92. The molecule has 0 aliphatic rings. The van der Waals surface area contributed by atoms with Crippen molar-refractivity contribution in [2.45, 2.75) is 4.90 Å². The zero-order valence-corrected chi connectivity index (χ0v) is 16.4. The van der Waals surface area contributed by atoms with Gasteiger partial charge in [-0.3, -0.25) is 14.8 Å². The maximum atomic E-state index is 12.5. The van der Waals surface area contributed by atoms with E-state index in [1.165, 1.54) is 44.5 Å². The average molecular weight is 421 g/mol. The highest BCUT2D eigenvalue weighted by atomic mass is 32.2. The predicted octanol–water partition coefficient (Wildman–Crippen LogP) is 1.11. The third kappa shape index (κ3) is 6.21. The topological polar surface area (TPSA) is 140 Å². The quantitative estimate of drug-likeness (QED) is 0.569. The molecule has 0 saturated heterocycles. The molecule has 3 N–H and O–H groups in total. The van der Waals surface area contributed by atoms with E-state index >= 15 is 0 Å². The molecular weight excluding hydrogens is 402 g/mol. The van der Waals surface area contributed by atoms with Crippen molar-refractivity contribution in [2.24, 2.45) is 0 Å². The standard InChI is InChI=1S/C18H19N3O7S/c1-19-18(24)20-16(22)11-28-17(23)12-4-3-5-15(10-12)29(25,26)21-13-6-8-14(27-2)9-7-13/h3-10,21H,11H2,1-2H3,(H2,19,20,22,24). The fourth-order valence-corrected chi connectivity index (χ4v) is 3.21. The van der Waals surface area contributed by atoms with Gasteiger partial charge in [-0.15, -0.1) is 0 Å². The molecule has 0 spiro atoms. The predicted molar refractivity (Wildman–Crippen MR) is 103 cm³/mol. The molecule has 2 aromatic rings. The molecular formula is C18H19N3O7S. The second-order valence-electron chi connectivity index (χ2n) is 5.57. The summed E-state index contributed by atoms with van der Waals surface area (Å²) in [6.45, 7) is -0.701. The molecule has 0 aliphatic heterocycles. The Balaban J connectivity index is 2.07. The number of anilines is 1. The van der Waals surface area contributed by atoms with E-state index in [0.29, 0.717) is 11.4 Å². The van der Waals surface area contributed by atoms with E-state index in [9.17, 15) is 22.8 Å².